The fraction of sp³-hybridized carbons (Fsp3) is 0.333. The average Bonchev–Trinajstić information content (AvgIpc) is 2.67. The van der Waals surface area contributed by atoms with E-state index in [0.29, 0.717) is 19.0 Å². The van der Waals surface area contributed by atoms with Crippen LogP contribution >= 0.6 is 0 Å². The molecule has 1 fully saturated rings. The second-order valence-electron chi connectivity index (χ2n) is 6.71. The predicted molar refractivity (Wildman–Crippen MR) is 98.2 cm³/mol. The molecule has 4 nitrogen and oxygen atoms in total. The number of nitrogens with one attached hydrogen (secondary N) is 1. The van der Waals surface area contributed by atoms with E-state index >= 15 is 0 Å². The number of hydrogen-bond donors (Lipinski definition) is 1. The molecule has 0 spiro atoms. The van der Waals surface area contributed by atoms with Crippen LogP contribution in [0.25, 0.3) is 0 Å². The Morgan fingerprint density at radius 3 is 2.46 bits per heavy atom. The lowest BCUT2D eigenvalue weighted by Crippen LogP contribution is -2.44. The molecule has 26 heavy (non-hydrogen) atoms. The second kappa shape index (κ2) is 8.61. The summed E-state index contributed by atoms with van der Waals surface area (Å²) >= 11 is 0. The fourth-order valence-corrected chi connectivity index (χ4v) is 3.33. The molecule has 0 aromatic heterocycles. The van der Waals surface area contributed by atoms with Gasteiger partial charge < -0.3 is 10.2 Å². The van der Waals surface area contributed by atoms with Crippen molar-refractivity contribution in [1.82, 2.24) is 10.2 Å². The summed E-state index contributed by atoms with van der Waals surface area (Å²) in [5, 5.41) is 2.58. The third-order valence-electron chi connectivity index (χ3n) is 4.82. The highest BCUT2D eigenvalue weighted by atomic mass is 19.1. The molecule has 5 heteroatoms. The molecule has 1 aliphatic heterocycles. The highest BCUT2D eigenvalue weighted by molar-refractivity contribution is 5.96. The number of carbonyl (C=O) groups excluding carboxylic acids is 2. The van der Waals surface area contributed by atoms with Crippen molar-refractivity contribution in [1.29, 1.82) is 0 Å². The molecule has 136 valence electrons. The SMILES string of the molecule is O=C(NCC(=O)N1CCC(Cc2ccccc2)CC1)c1cccc(F)c1. The summed E-state index contributed by atoms with van der Waals surface area (Å²) in [4.78, 5) is 26.1. The van der Waals surface area contributed by atoms with E-state index < -0.39 is 11.7 Å². The van der Waals surface area contributed by atoms with Crippen LogP contribution in [0, 0.1) is 11.7 Å². The zero-order chi connectivity index (χ0) is 18.4. The molecular weight excluding hydrogens is 331 g/mol. The third kappa shape index (κ3) is 4.91. The summed E-state index contributed by atoms with van der Waals surface area (Å²) in [6.45, 7) is 1.37. The van der Waals surface area contributed by atoms with E-state index in [0.717, 1.165) is 25.3 Å². The van der Waals surface area contributed by atoms with Gasteiger partial charge in [-0.25, -0.2) is 4.39 Å². The summed E-state index contributed by atoms with van der Waals surface area (Å²) < 4.78 is 13.2. The minimum Gasteiger partial charge on any atom is -0.343 e. The molecule has 0 saturated carbocycles. The quantitative estimate of drug-likeness (QED) is 0.897. The van der Waals surface area contributed by atoms with E-state index in [1.165, 1.54) is 23.8 Å². The van der Waals surface area contributed by atoms with Crippen LogP contribution in [0.3, 0.4) is 0 Å². The lowest BCUT2D eigenvalue weighted by molar-refractivity contribution is -0.131. The standard InChI is InChI=1S/C21H23FN2O2/c22-19-8-4-7-18(14-19)21(26)23-15-20(25)24-11-9-17(10-12-24)13-16-5-2-1-3-6-16/h1-8,14,17H,9-13,15H2,(H,23,26). The molecule has 1 aliphatic rings. The van der Waals surface area contributed by atoms with Crippen molar-refractivity contribution in [2.75, 3.05) is 19.6 Å². The van der Waals surface area contributed by atoms with Gasteiger partial charge in [-0.05, 0) is 48.9 Å². The minimum atomic E-state index is -0.468. The van der Waals surface area contributed by atoms with Gasteiger partial charge in [0.1, 0.15) is 5.82 Å². The normalized spacial score (nSPS) is 14.9. The lowest BCUT2D eigenvalue weighted by Gasteiger charge is -2.32. The van der Waals surface area contributed by atoms with E-state index in [1.807, 2.05) is 6.07 Å². The summed E-state index contributed by atoms with van der Waals surface area (Å²) in [5.74, 6) is -0.405. The minimum absolute atomic E-state index is 0.0568. The summed E-state index contributed by atoms with van der Waals surface area (Å²) in [7, 11) is 0. The molecule has 3 rings (SSSR count). The number of benzene rings is 2. The van der Waals surface area contributed by atoms with Crippen LogP contribution in [0.1, 0.15) is 28.8 Å². The number of amides is 2. The third-order valence-corrected chi connectivity index (χ3v) is 4.82. The topological polar surface area (TPSA) is 49.4 Å². The smallest absolute Gasteiger partial charge is 0.251 e. The van der Waals surface area contributed by atoms with Crippen LogP contribution in [0.4, 0.5) is 4.39 Å². The van der Waals surface area contributed by atoms with E-state index in [2.05, 4.69) is 29.6 Å². The van der Waals surface area contributed by atoms with Crippen molar-refractivity contribution < 1.29 is 14.0 Å². The molecule has 1 saturated heterocycles. The van der Waals surface area contributed by atoms with Crippen LogP contribution < -0.4 is 5.32 Å². The van der Waals surface area contributed by atoms with Crippen molar-refractivity contribution in [2.24, 2.45) is 5.92 Å². The number of rotatable bonds is 5. The average molecular weight is 354 g/mol. The summed E-state index contributed by atoms with van der Waals surface area (Å²) in [6, 6.07) is 15.8. The van der Waals surface area contributed by atoms with Gasteiger partial charge in [0, 0.05) is 18.7 Å². The molecule has 1 heterocycles. The lowest BCUT2D eigenvalue weighted by atomic mass is 9.90. The predicted octanol–water partition coefficient (Wildman–Crippen LogP) is 3.04. The van der Waals surface area contributed by atoms with Gasteiger partial charge in [-0.2, -0.15) is 0 Å². The van der Waals surface area contributed by atoms with Gasteiger partial charge in [0.2, 0.25) is 5.91 Å². The number of nitrogens with zero attached hydrogens (tertiary/aromatic N) is 1. The Morgan fingerprint density at radius 2 is 1.77 bits per heavy atom. The van der Waals surface area contributed by atoms with E-state index in [9.17, 15) is 14.0 Å². The number of likely N-dealkylation sites (tertiary alicyclic amines) is 1. The first-order valence-corrected chi connectivity index (χ1v) is 8.97. The number of piperidine rings is 1. The molecule has 1 N–H and O–H groups in total. The van der Waals surface area contributed by atoms with Gasteiger partial charge in [-0.15, -0.1) is 0 Å². The number of hydrogen-bond acceptors (Lipinski definition) is 2. The monoisotopic (exact) mass is 354 g/mol. The Morgan fingerprint density at radius 1 is 1.04 bits per heavy atom. The molecule has 0 atom stereocenters. The Balaban J connectivity index is 1.43. The van der Waals surface area contributed by atoms with Crippen molar-refractivity contribution in [3.63, 3.8) is 0 Å². The van der Waals surface area contributed by atoms with E-state index in [4.69, 9.17) is 0 Å². The van der Waals surface area contributed by atoms with Gasteiger partial charge in [0.25, 0.3) is 5.91 Å². The molecule has 0 aliphatic carbocycles. The van der Waals surface area contributed by atoms with Crippen molar-refractivity contribution in [3.05, 3.63) is 71.5 Å². The zero-order valence-corrected chi connectivity index (χ0v) is 14.7. The summed E-state index contributed by atoms with van der Waals surface area (Å²) in [6.07, 6.45) is 2.98. The highest BCUT2D eigenvalue weighted by Crippen LogP contribution is 2.21. The molecule has 0 radical (unpaired) electrons. The Hall–Kier alpha value is -2.69. The van der Waals surface area contributed by atoms with Crippen molar-refractivity contribution in [3.8, 4) is 0 Å². The largest absolute Gasteiger partial charge is 0.343 e. The maximum Gasteiger partial charge on any atom is 0.251 e. The van der Waals surface area contributed by atoms with Crippen molar-refractivity contribution >= 4 is 11.8 Å². The Labute approximate surface area is 153 Å². The van der Waals surface area contributed by atoms with Crippen LogP contribution in [0.2, 0.25) is 0 Å². The maximum absolute atomic E-state index is 13.2. The Kier molecular flexibility index (Phi) is 6.00. The van der Waals surface area contributed by atoms with Crippen LogP contribution in [0.15, 0.2) is 54.6 Å². The van der Waals surface area contributed by atoms with Crippen molar-refractivity contribution in [2.45, 2.75) is 19.3 Å². The fourth-order valence-electron chi connectivity index (χ4n) is 3.33. The molecule has 2 aromatic carbocycles. The van der Waals surface area contributed by atoms with Crippen LogP contribution in [0.5, 0.6) is 0 Å². The van der Waals surface area contributed by atoms with E-state index in [1.54, 1.807) is 4.90 Å². The summed E-state index contributed by atoms with van der Waals surface area (Å²) in [5.41, 5.74) is 1.55. The molecule has 0 bridgehead atoms. The first-order valence-electron chi connectivity index (χ1n) is 8.97. The first-order chi connectivity index (χ1) is 12.6. The first kappa shape index (κ1) is 18.1. The van der Waals surface area contributed by atoms with E-state index in [-0.39, 0.29) is 18.0 Å². The number of carbonyl (C=O) groups is 2. The van der Waals surface area contributed by atoms with Crippen LogP contribution in [-0.2, 0) is 11.2 Å². The van der Waals surface area contributed by atoms with Gasteiger partial charge in [-0.3, -0.25) is 9.59 Å². The Bertz CT molecular complexity index is 756. The molecular formula is C21H23FN2O2. The van der Waals surface area contributed by atoms with Gasteiger partial charge in [0.05, 0.1) is 6.54 Å². The highest BCUT2D eigenvalue weighted by Gasteiger charge is 2.23. The molecule has 0 unspecified atom stereocenters. The van der Waals surface area contributed by atoms with Gasteiger partial charge >= 0.3 is 0 Å². The maximum atomic E-state index is 13.2. The number of halogens is 1. The van der Waals surface area contributed by atoms with Gasteiger partial charge in [-0.1, -0.05) is 36.4 Å². The van der Waals surface area contributed by atoms with Gasteiger partial charge in [0.15, 0.2) is 0 Å². The zero-order valence-electron chi connectivity index (χ0n) is 14.7. The molecule has 2 amide bonds. The second-order valence-corrected chi connectivity index (χ2v) is 6.71. The molecule has 2 aromatic rings. The van der Waals surface area contributed by atoms with Crippen LogP contribution in [-0.4, -0.2) is 36.3 Å².